The smallest absolute Gasteiger partial charge is 0.134 e. The van der Waals surface area contributed by atoms with Crippen molar-refractivity contribution in [3.8, 4) is 0 Å². The van der Waals surface area contributed by atoms with Crippen molar-refractivity contribution in [2.24, 2.45) is 0 Å². The summed E-state index contributed by atoms with van der Waals surface area (Å²) in [6, 6.07) is 12.0. The van der Waals surface area contributed by atoms with Gasteiger partial charge in [0.1, 0.15) is 11.3 Å². The van der Waals surface area contributed by atoms with Gasteiger partial charge >= 0.3 is 0 Å². The average Bonchev–Trinajstić information content (AvgIpc) is 3.19. The Morgan fingerprint density at radius 2 is 1.87 bits per heavy atom. The van der Waals surface area contributed by atoms with E-state index in [1.54, 1.807) is 20.5 Å². The molecule has 0 aliphatic rings. The number of fused-ring (bicyclic) bond motifs is 1. The summed E-state index contributed by atoms with van der Waals surface area (Å²) in [6.45, 7) is 1.72. The zero-order valence-electron chi connectivity index (χ0n) is 13.9. The van der Waals surface area contributed by atoms with Crippen molar-refractivity contribution >= 4 is 17.0 Å². The molecule has 4 nitrogen and oxygen atoms in total. The summed E-state index contributed by atoms with van der Waals surface area (Å²) in [4.78, 5) is 2.23. The maximum absolute atomic E-state index is 5.55. The molecule has 23 heavy (non-hydrogen) atoms. The number of likely N-dealkylation sites (N-methyl/N-ethyl adjacent to an activating group) is 1. The van der Waals surface area contributed by atoms with Gasteiger partial charge in [0.05, 0.1) is 12.5 Å². The fourth-order valence-electron chi connectivity index (χ4n) is 2.25. The predicted molar refractivity (Wildman–Crippen MR) is 93.2 cm³/mol. The van der Waals surface area contributed by atoms with Gasteiger partial charge in [-0.25, -0.2) is 0 Å². The number of para-hydroxylation sites is 1. The quantitative estimate of drug-likeness (QED) is 0.698. The number of rotatable bonds is 5. The fraction of sp³-hybridized carbons (Fsp3) is 0.263. The first-order chi connectivity index (χ1) is 11.2. The van der Waals surface area contributed by atoms with E-state index < -0.39 is 0 Å². The average molecular weight is 313 g/mol. The molecule has 1 aromatic carbocycles. The van der Waals surface area contributed by atoms with Crippen LogP contribution in [0.4, 0.5) is 0 Å². The standard InChI is InChI=1S/C17H17NO2.C2H6O/c1-18(10-4-6-15-7-5-11-19-15)12-14-13-20-17-9-3-2-8-16(14)17;1-3-2/h2-9,11,13H,10,12H2,1H3;1-2H3/b6-4+;. The molecule has 0 aliphatic heterocycles. The second kappa shape index (κ2) is 8.98. The highest BCUT2D eigenvalue weighted by molar-refractivity contribution is 5.80. The highest BCUT2D eigenvalue weighted by Crippen LogP contribution is 2.21. The lowest BCUT2D eigenvalue weighted by atomic mass is 10.1. The van der Waals surface area contributed by atoms with Gasteiger partial charge in [-0.2, -0.15) is 0 Å². The van der Waals surface area contributed by atoms with Gasteiger partial charge in [-0.1, -0.05) is 24.3 Å². The van der Waals surface area contributed by atoms with E-state index in [1.807, 2.05) is 42.7 Å². The van der Waals surface area contributed by atoms with Crippen LogP contribution in [-0.2, 0) is 11.3 Å². The molecule has 3 rings (SSSR count). The van der Waals surface area contributed by atoms with Crippen LogP contribution < -0.4 is 0 Å². The van der Waals surface area contributed by atoms with Crippen LogP contribution >= 0.6 is 0 Å². The molecular formula is C19H23NO3. The molecule has 0 saturated carbocycles. The largest absolute Gasteiger partial charge is 0.465 e. The first-order valence-electron chi connectivity index (χ1n) is 7.48. The molecule has 2 aromatic heterocycles. The van der Waals surface area contributed by atoms with Gasteiger partial charge in [0.25, 0.3) is 0 Å². The molecule has 0 N–H and O–H groups in total. The molecule has 0 bridgehead atoms. The maximum atomic E-state index is 5.55. The number of benzene rings is 1. The third-order valence-corrected chi connectivity index (χ3v) is 3.24. The molecule has 122 valence electrons. The van der Waals surface area contributed by atoms with Gasteiger partial charge in [-0.3, -0.25) is 4.90 Å². The van der Waals surface area contributed by atoms with Gasteiger partial charge in [0, 0.05) is 38.3 Å². The summed E-state index contributed by atoms with van der Waals surface area (Å²) in [5.41, 5.74) is 2.16. The lowest BCUT2D eigenvalue weighted by molar-refractivity contribution is 0.277. The third-order valence-electron chi connectivity index (χ3n) is 3.24. The Morgan fingerprint density at radius 1 is 1.09 bits per heavy atom. The highest BCUT2D eigenvalue weighted by atomic mass is 16.4. The summed E-state index contributed by atoms with van der Waals surface area (Å²) >= 11 is 0. The summed E-state index contributed by atoms with van der Waals surface area (Å²) < 4.78 is 15.1. The molecule has 4 heteroatoms. The maximum Gasteiger partial charge on any atom is 0.134 e. The van der Waals surface area contributed by atoms with E-state index in [-0.39, 0.29) is 0 Å². The number of ether oxygens (including phenoxy) is 1. The number of nitrogens with zero attached hydrogens (tertiary/aromatic N) is 1. The van der Waals surface area contributed by atoms with Crippen LogP contribution in [0.1, 0.15) is 11.3 Å². The van der Waals surface area contributed by atoms with E-state index in [9.17, 15) is 0 Å². The van der Waals surface area contributed by atoms with Crippen molar-refractivity contribution in [3.05, 3.63) is 66.3 Å². The van der Waals surface area contributed by atoms with E-state index in [2.05, 4.69) is 28.8 Å². The Bertz CT molecular complexity index is 713. The minimum atomic E-state index is 0.861. The SMILES string of the molecule is CN(C/C=C/c1ccco1)Cc1coc2ccccc12.COC. The van der Waals surface area contributed by atoms with E-state index in [0.717, 1.165) is 24.4 Å². The van der Waals surface area contributed by atoms with Crippen LogP contribution in [0.3, 0.4) is 0 Å². The molecule has 0 atom stereocenters. The molecule has 3 aromatic rings. The number of hydrogen-bond donors (Lipinski definition) is 0. The highest BCUT2D eigenvalue weighted by Gasteiger charge is 2.06. The second-order valence-corrected chi connectivity index (χ2v) is 5.28. The number of methoxy groups -OCH3 is 1. The van der Waals surface area contributed by atoms with Crippen LogP contribution in [0.15, 0.2) is 63.8 Å². The normalized spacial score (nSPS) is 11.1. The fourth-order valence-corrected chi connectivity index (χ4v) is 2.25. The summed E-state index contributed by atoms with van der Waals surface area (Å²) in [5, 5.41) is 1.19. The van der Waals surface area contributed by atoms with Crippen molar-refractivity contribution in [1.82, 2.24) is 4.90 Å². The van der Waals surface area contributed by atoms with Crippen LogP contribution in [0.25, 0.3) is 17.0 Å². The molecule has 0 fully saturated rings. The van der Waals surface area contributed by atoms with Crippen LogP contribution in [0.5, 0.6) is 0 Å². The van der Waals surface area contributed by atoms with Crippen molar-refractivity contribution < 1.29 is 13.6 Å². The monoisotopic (exact) mass is 313 g/mol. The van der Waals surface area contributed by atoms with E-state index >= 15 is 0 Å². The minimum Gasteiger partial charge on any atom is -0.465 e. The number of furan rings is 2. The molecular weight excluding hydrogens is 290 g/mol. The van der Waals surface area contributed by atoms with Crippen molar-refractivity contribution in [2.75, 3.05) is 27.8 Å². The van der Waals surface area contributed by atoms with Gasteiger partial charge in [0.2, 0.25) is 0 Å². The Balaban J connectivity index is 0.000000595. The lowest BCUT2D eigenvalue weighted by Gasteiger charge is -2.12. The molecule has 0 unspecified atom stereocenters. The third kappa shape index (κ3) is 5.13. The van der Waals surface area contributed by atoms with Gasteiger partial charge in [0.15, 0.2) is 0 Å². The topological polar surface area (TPSA) is 38.8 Å². The van der Waals surface area contributed by atoms with Gasteiger partial charge < -0.3 is 13.6 Å². The Kier molecular flexibility index (Phi) is 6.66. The van der Waals surface area contributed by atoms with E-state index in [1.165, 1.54) is 10.9 Å². The summed E-state index contributed by atoms with van der Waals surface area (Å²) in [7, 11) is 5.34. The summed E-state index contributed by atoms with van der Waals surface area (Å²) in [5.74, 6) is 0.882. The summed E-state index contributed by atoms with van der Waals surface area (Å²) in [6.07, 6.45) is 7.61. The molecule has 0 aliphatic carbocycles. The van der Waals surface area contributed by atoms with Crippen LogP contribution in [0, 0.1) is 0 Å². The first kappa shape index (κ1) is 17.1. The van der Waals surface area contributed by atoms with Crippen molar-refractivity contribution in [2.45, 2.75) is 6.54 Å². The van der Waals surface area contributed by atoms with Crippen molar-refractivity contribution in [1.29, 1.82) is 0 Å². The number of hydrogen-bond acceptors (Lipinski definition) is 4. The van der Waals surface area contributed by atoms with Crippen molar-refractivity contribution in [3.63, 3.8) is 0 Å². The van der Waals surface area contributed by atoms with Gasteiger partial charge in [-0.15, -0.1) is 0 Å². The first-order valence-corrected chi connectivity index (χ1v) is 7.48. The molecule has 2 heterocycles. The Morgan fingerprint density at radius 3 is 2.61 bits per heavy atom. The van der Waals surface area contributed by atoms with E-state index in [4.69, 9.17) is 8.83 Å². The Hall–Kier alpha value is -2.30. The zero-order chi connectivity index (χ0) is 16.5. The molecule has 0 radical (unpaired) electrons. The lowest BCUT2D eigenvalue weighted by Crippen LogP contribution is -2.17. The van der Waals surface area contributed by atoms with E-state index in [0.29, 0.717) is 0 Å². The predicted octanol–water partition coefficient (Wildman–Crippen LogP) is 4.43. The van der Waals surface area contributed by atoms with Crippen LogP contribution in [0.2, 0.25) is 0 Å². The zero-order valence-corrected chi connectivity index (χ0v) is 13.9. The molecule has 0 saturated heterocycles. The molecule has 0 amide bonds. The van der Waals surface area contributed by atoms with Gasteiger partial charge in [-0.05, 0) is 31.3 Å². The minimum absolute atomic E-state index is 0.861. The van der Waals surface area contributed by atoms with Crippen LogP contribution in [-0.4, -0.2) is 32.7 Å². The molecule has 0 spiro atoms. The second-order valence-electron chi connectivity index (χ2n) is 5.28. The Labute approximate surface area is 137 Å².